The molecular formula is C45H54N7O8S+. The number of ether oxygens (including phenoxy) is 2. The number of nitrogens with one attached hydrogen (secondary N) is 3. The van der Waals surface area contributed by atoms with Gasteiger partial charge < -0.3 is 24.6 Å². The number of piperazine rings is 1. The van der Waals surface area contributed by atoms with Crippen LogP contribution in [0.15, 0.2) is 90.0 Å². The number of pyridine rings is 1. The van der Waals surface area contributed by atoms with E-state index in [1.807, 2.05) is 44.2 Å². The van der Waals surface area contributed by atoms with Crippen molar-refractivity contribution in [3.63, 3.8) is 0 Å². The minimum Gasteiger partial charge on any atom is -0.455 e. The first-order valence-corrected chi connectivity index (χ1v) is 22.3. The molecule has 2 saturated heterocycles. The molecule has 0 radical (unpaired) electrons. The zero-order valence-corrected chi connectivity index (χ0v) is 35.4. The highest BCUT2D eigenvalue weighted by Gasteiger charge is 2.33. The molecule has 1 aliphatic carbocycles. The summed E-state index contributed by atoms with van der Waals surface area (Å²) in [5.74, 6) is 0.500. The maximum atomic E-state index is 13.8. The molecule has 4 aromatic rings. The fraction of sp³-hybridized carbons (Fsp3) is 0.400. The SMILES string of the molecule is CC(C)C(=O)N1Cc2ccccc2CC1CN1CCN(c2ccc(C(=O)NS(=O)(=O)c3ccc(NCC4CCOCC4)cc3)c(Oc3cnc4c(c3)C=CC4)c2)CC1.O=[NH+]O. The normalized spacial score (nSPS) is 17.8. The van der Waals surface area contributed by atoms with E-state index in [-0.39, 0.29) is 34.1 Å². The first-order chi connectivity index (χ1) is 29.5. The molecule has 61 heavy (non-hydrogen) atoms. The summed E-state index contributed by atoms with van der Waals surface area (Å²) in [5, 5.41) is 10.7. The van der Waals surface area contributed by atoms with Gasteiger partial charge in [0.25, 0.3) is 15.9 Å². The molecule has 4 aliphatic rings. The van der Waals surface area contributed by atoms with Crippen LogP contribution in [0.3, 0.4) is 0 Å². The second-order valence-electron chi connectivity index (χ2n) is 16.1. The molecule has 0 saturated carbocycles. The molecule has 1 unspecified atom stereocenters. The van der Waals surface area contributed by atoms with Crippen LogP contribution in [0.4, 0.5) is 11.4 Å². The van der Waals surface area contributed by atoms with Crippen molar-refractivity contribution in [2.75, 3.05) is 62.7 Å². The van der Waals surface area contributed by atoms with Crippen molar-refractivity contribution >= 4 is 39.3 Å². The molecule has 3 aromatic carbocycles. The molecule has 1 atom stereocenters. The third kappa shape index (κ3) is 10.7. The van der Waals surface area contributed by atoms with Crippen molar-refractivity contribution < 1.29 is 38.0 Å². The van der Waals surface area contributed by atoms with Crippen LogP contribution in [0.1, 0.15) is 59.4 Å². The molecular weight excluding hydrogens is 799 g/mol. The Kier molecular flexibility index (Phi) is 14.0. The predicted molar refractivity (Wildman–Crippen MR) is 231 cm³/mol. The maximum absolute atomic E-state index is 13.8. The summed E-state index contributed by atoms with van der Waals surface area (Å²) in [6.07, 6.45) is 9.22. The molecule has 16 heteroatoms. The summed E-state index contributed by atoms with van der Waals surface area (Å²) in [7, 11) is -4.20. The van der Waals surface area contributed by atoms with Gasteiger partial charge in [0.15, 0.2) is 5.34 Å². The molecule has 8 rings (SSSR count). The standard InChI is InChI=1S/C45H52N6O6S.HNO2/c1-31(2)45(53)51-29-35-7-4-3-6-33(35)24-38(51)30-49-18-20-50(21-19-49)37-12-15-41(43(26-37)57-39-25-34-8-5-9-42(34)47-28-39)44(52)48-58(54,55)40-13-10-36(11-14-40)46-27-32-16-22-56-23-17-32;2-1-3/h3-8,10-15,25-26,28,31-32,38,46H,9,16-24,27,29-30H2,1-2H3,(H,48,52);1H/p+1. The fourth-order valence-corrected chi connectivity index (χ4v) is 9.26. The Bertz CT molecular complexity index is 2330. The number of benzene rings is 3. The number of rotatable bonds is 12. The highest BCUT2D eigenvalue weighted by atomic mass is 32.2. The number of anilines is 2. The first kappa shape index (κ1) is 43.3. The summed E-state index contributed by atoms with van der Waals surface area (Å²) < 4.78 is 41.1. The molecule has 2 fully saturated rings. The van der Waals surface area contributed by atoms with Gasteiger partial charge in [-0.3, -0.25) is 19.5 Å². The smallest absolute Gasteiger partial charge is 0.268 e. The fourth-order valence-electron chi connectivity index (χ4n) is 8.29. The molecule has 322 valence electrons. The van der Waals surface area contributed by atoms with Crippen LogP contribution in [-0.2, 0) is 38.9 Å². The maximum Gasteiger partial charge on any atom is 0.268 e. The highest BCUT2D eigenvalue weighted by Crippen LogP contribution is 2.33. The van der Waals surface area contributed by atoms with Crippen LogP contribution in [0.2, 0.25) is 0 Å². The Balaban J connectivity index is 0.00000182. The summed E-state index contributed by atoms with van der Waals surface area (Å²) in [5.41, 5.74) is 6.18. The van der Waals surface area contributed by atoms with Crippen molar-refractivity contribution in [3.05, 3.63) is 118 Å². The second-order valence-corrected chi connectivity index (χ2v) is 17.8. The van der Waals surface area contributed by atoms with Gasteiger partial charge in [-0.1, -0.05) is 50.3 Å². The average Bonchev–Trinajstić information content (AvgIpc) is 3.74. The Labute approximate surface area is 356 Å². The monoisotopic (exact) mass is 852 g/mol. The van der Waals surface area contributed by atoms with E-state index < -0.39 is 15.9 Å². The third-order valence-corrected chi connectivity index (χ3v) is 13.0. The van der Waals surface area contributed by atoms with Gasteiger partial charge >= 0.3 is 0 Å². The first-order valence-electron chi connectivity index (χ1n) is 20.8. The van der Waals surface area contributed by atoms with Crippen molar-refractivity contribution in [3.8, 4) is 11.5 Å². The Morgan fingerprint density at radius 3 is 2.43 bits per heavy atom. The van der Waals surface area contributed by atoms with Gasteiger partial charge in [0.05, 0.1) is 27.3 Å². The lowest BCUT2D eigenvalue weighted by atomic mass is 9.92. The molecule has 0 spiro atoms. The van der Waals surface area contributed by atoms with Gasteiger partial charge in [-0.25, -0.2) is 18.3 Å². The Morgan fingerprint density at radius 2 is 1.70 bits per heavy atom. The minimum absolute atomic E-state index is 0.0156. The van der Waals surface area contributed by atoms with Crippen LogP contribution in [0.25, 0.3) is 6.08 Å². The number of nitrogens with zero attached hydrogens (tertiary/aromatic N) is 4. The van der Waals surface area contributed by atoms with Gasteiger partial charge in [-0.2, -0.15) is 0 Å². The number of fused-ring (bicyclic) bond motifs is 2. The quantitative estimate of drug-likeness (QED) is 0.148. The summed E-state index contributed by atoms with van der Waals surface area (Å²) in [6, 6.07) is 22.1. The molecule has 1 aromatic heterocycles. The third-order valence-electron chi connectivity index (χ3n) is 11.7. The van der Waals surface area contributed by atoms with E-state index in [1.165, 1.54) is 23.3 Å². The van der Waals surface area contributed by atoms with Gasteiger partial charge in [-0.05, 0) is 84.3 Å². The summed E-state index contributed by atoms with van der Waals surface area (Å²) in [6.45, 7) is 10.7. The number of hydrogen-bond donors (Lipinski definition) is 4. The molecule has 3 aliphatic heterocycles. The number of aromatic nitrogens is 1. The average molecular weight is 853 g/mol. The summed E-state index contributed by atoms with van der Waals surface area (Å²) >= 11 is 0. The molecule has 15 nitrogen and oxygen atoms in total. The lowest BCUT2D eigenvalue weighted by Gasteiger charge is -2.43. The van der Waals surface area contributed by atoms with Crippen molar-refractivity contribution in [1.29, 1.82) is 0 Å². The van der Waals surface area contributed by atoms with E-state index in [1.54, 1.807) is 30.5 Å². The minimum atomic E-state index is -4.20. The van der Waals surface area contributed by atoms with Crippen molar-refractivity contribution in [2.45, 2.75) is 57.0 Å². The second kappa shape index (κ2) is 19.7. The van der Waals surface area contributed by atoms with Gasteiger partial charge in [-0.15, -0.1) is 0 Å². The Morgan fingerprint density at radius 1 is 0.984 bits per heavy atom. The number of hydrogen-bond acceptors (Lipinski definition) is 11. The number of carbonyl (C=O) groups is 2. The molecule has 0 bridgehead atoms. The van der Waals surface area contributed by atoms with Crippen LogP contribution in [0.5, 0.6) is 11.5 Å². The van der Waals surface area contributed by atoms with E-state index in [2.05, 4.69) is 47.9 Å². The number of amides is 2. The Hall–Kier alpha value is -5.84. The van der Waals surface area contributed by atoms with Crippen LogP contribution in [0, 0.1) is 16.7 Å². The molecule has 2 amide bonds. The van der Waals surface area contributed by atoms with Gasteiger partial charge in [0.2, 0.25) is 5.91 Å². The van der Waals surface area contributed by atoms with Crippen molar-refractivity contribution in [2.24, 2.45) is 11.8 Å². The highest BCUT2D eigenvalue weighted by molar-refractivity contribution is 7.90. The van der Waals surface area contributed by atoms with Crippen molar-refractivity contribution in [1.82, 2.24) is 19.5 Å². The van der Waals surface area contributed by atoms with Crippen LogP contribution >= 0.6 is 0 Å². The predicted octanol–water partition coefficient (Wildman–Crippen LogP) is 4.35. The lowest BCUT2D eigenvalue weighted by Crippen LogP contribution is -2.58. The number of sulfonamides is 1. The van der Waals surface area contributed by atoms with E-state index in [9.17, 15) is 18.0 Å². The van der Waals surface area contributed by atoms with Gasteiger partial charge in [0, 0.05) is 94.8 Å². The van der Waals surface area contributed by atoms with Crippen LogP contribution in [-0.4, -0.2) is 98.7 Å². The topological polar surface area (TPSA) is 185 Å². The zero-order chi connectivity index (χ0) is 42.9. The molecule has 4 heterocycles. The zero-order valence-electron chi connectivity index (χ0n) is 34.6. The van der Waals surface area contributed by atoms with E-state index in [0.29, 0.717) is 23.6 Å². The van der Waals surface area contributed by atoms with E-state index in [4.69, 9.17) is 19.6 Å². The van der Waals surface area contributed by atoms with Gasteiger partial charge in [0.1, 0.15) is 11.5 Å². The lowest BCUT2D eigenvalue weighted by molar-refractivity contribution is -0.755. The number of carbonyl (C=O) groups excluding carboxylic acids is 2. The van der Waals surface area contributed by atoms with E-state index in [0.717, 1.165) is 101 Å². The molecule has 4 N–H and O–H groups in total. The van der Waals surface area contributed by atoms with E-state index >= 15 is 0 Å². The number of allylic oxidation sites excluding steroid dienone is 1. The summed E-state index contributed by atoms with van der Waals surface area (Å²) in [4.78, 5) is 46.7. The largest absolute Gasteiger partial charge is 0.455 e. The van der Waals surface area contributed by atoms with Crippen LogP contribution < -0.4 is 25.0 Å².